The van der Waals surface area contributed by atoms with Crippen LogP contribution in [0, 0.1) is 5.92 Å². The molecule has 1 aliphatic carbocycles. The summed E-state index contributed by atoms with van der Waals surface area (Å²) in [6, 6.07) is 6.69. The second-order valence-corrected chi connectivity index (χ2v) is 6.66. The monoisotopic (exact) mass is 378 g/mol. The average molecular weight is 378 g/mol. The van der Waals surface area contributed by atoms with Crippen LogP contribution in [-0.4, -0.2) is 46.9 Å². The van der Waals surface area contributed by atoms with Gasteiger partial charge in [-0.05, 0) is 24.3 Å². The number of carbonyl (C=O) groups is 3. The van der Waals surface area contributed by atoms with Gasteiger partial charge in [-0.1, -0.05) is 49.6 Å². The molecule has 1 fully saturated rings. The van der Waals surface area contributed by atoms with Gasteiger partial charge in [0.15, 0.2) is 0 Å². The van der Waals surface area contributed by atoms with Crippen molar-refractivity contribution >= 4 is 18.0 Å². The fourth-order valence-electron chi connectivity index (χ4n) is 3.20. The second-order valence-electron chi connectivity index (χ2n) is 6.66. The molecule has 1 aromatic rings. The number of hydrogen-bond donors (Lipinski definition) is 4. The minimum atomic E-state index is -1.28. The van der Waals surface area contributed by atoms with Gasteiger partial charge in [-0.25, -0.2) is 9.59 Å². The summed E-state index contributed by atoms with van der Waals surface area (Å²) in [5.41, 5.74) is 0.779. The first kappa shape index (κ1) is 20.7. The van der Waals surface area contributed by atoms with Crippen molar-refractivity contribution in [1.29, 1.82) is 0 Å². The van der Waals surface area contributed by atoms with E-state index in [2.05, 4.69) is 10.6 Å². The normalized spacial score (nSPS) is 16.8. The highest BCUT2D eigenvalue weighted by atomic mass is 16.5. The fourth-order valence-corrected chi connectivity index (χ4v) is 3.20. The van der Waals surface area contributed by atoms with Gasteiger partial charge in [0.05, 0.1) is 6.61 Å². The number of carboxylic acid groups (broad SMARTS) is 1. The number of nitrogens with one attached hydrogen (secondary N) is 2. The molecule has 0 aliphatic heterocycles. The summed E-state index contributed by atoms with van der Waals surface area (Å²) < 4.78 is 5.02. The molecular formula is C19H26N2O6. The molecule has 0 aromatic heterocycles. The quantitative estimate of drug-likeness (QED) is 0.542. The van der Waals surface area contributed by atoms with E-state index >= 15 is 0 Å². The molecule has 4 N–H and O–H groups in total. The van der Waals surface area contributed by atoms with Crippen molar-refractivity contribution in [3.05, 3.63) is 35.9 Å². The van der Waals surface area contributed by atoms with Crippen molar-refractivity contribution < 1.29 is 29.3 Å². The van der Waals surface area contributed by atoms with Gasteiger partial charge in [-0.2, -0.15) is 0 Å². The standard InChI is InChI=1S/C19H26N2O6/c22-11-15(20-19(26)27-12-13-7-3-1-4-8-13)17(23)21-16(18(24)25)14-9-5-2-6-10-14/h1,3-4,7-8,14-16,22H,2,5-6,9-12H2,(H,20,26)(H,21,23)(H,24,25)/t15-,16+/m0/s1. The molecule has 1 aliphatic rings. The first-order chi connectivity index (χ1) is 13.0. The molecule has 27 heavy (non-hydrogen) atoms. The molecule has 1 saturated carbocycles. The molecule has 0 heterocycles. The molecule has 0 radical (unpaired) electrons. The lowest BCUT2D eigenvalue weighted by Gasteiger charge is -2.29. The second kappa shape index (κ2) is 10.5. The lowest BCUT2D eigenvalue weighted by Crippen LogP contribution is -2.55. The van der Waals surface area contributed by atoms with Crippen molar-refractivity contribution in [3.63, 3.8) is 0 Å². The minimum absolute atomic E-state index is 0.0201. The lowest BCUT2D eigenvalue weighted by molar-refractivity contribution is -0.144. The van der Waals surface area contributed by atoms with E-state index in [4.69, 9.17) is 4.74 Å². The van der Waals surface area contributed by atoms with Gasteiger partial charge in [-0.3, -0.25) is 4.79 Å². The largest absolute Gasteiger partial charge is 0.480 e. The minimum Gasteiger partial charge on any atom is -0.480 e. The molecule has 8 nitrogen and oxygen atoms in total. The van der Waals surface area contributed by atoms with E-state index in [9.17, 15) is 24.6 Å². The Labute approximate surface area is 157 Å². The summed E-state index contributed by atoms with van der Waals surface area (Å²) in [5.74, 6) is -2.00. The summed E-state index contributed by atoms with van der Waals surface area (Å²) in [7, 11) is 0. The molecule has 1 aromatic carbocycles. The maximum absolute atomic E-state index is 12.3. The van der Waals surface area contributed by atoms with Crippen molar-refractivity contribution in [1.82, 2.24) is 10.6 Å². The lowest BCUT2D eigenvalue weighted by atomic mass is 9.84. The summed E-state index contributed by atoms with van der Waals surface area (Å²) >= 11 is 0. The number of aliphatic hydroxyl groups is 1. The zero-order valence-corrected chi connectivity index (χ0v) is 15.1. The fraction of sp³-hybridized carbons (Fsp3) is 0.526. The molecule has 8 heteroatoms. The third-order valence-electron chi connectivity index (χ3n) is 4.69. The maximum Gasteiger partial charge on any atom is 0.408 e. The first-order valence-corrected chi connectivity index (χ1v) is 9.12. The predicted molar refractivity (Wildman–Crippen MR) is 96.8 cm³/mol. The highest BCUT2D eigenvalue weighted by Crippen LogP contribution is 2.26. The van der Waals surface area contributed by atoms with Crippen LogP contribution in [0.5, 0.6) is 0 Å². The van der Waals surface area contributed by atoms with Crippen LogP contribution < -0.4 is 10.6 Å². The zero-order valence-electron chi connectivity index (χ0n) is 15.1. The number of rotatable bonds is 8. The van der Waals surface area contributed by atoms with Crippen LogP contribution in [0.1, 0.15) is 37.7 Å². The SMILES string of the molecule is O=C(N[C@@H](CO)C(=O)N[C@@H](C(=O)O)C1CCCCC1)OCc1ccccc1. The highest BCUT2D eigenvalue weighted by molar-refractivity contribution is 5.89. The number of carbonyl (C=O) groups excluding carboxylic acids is 2. The third kappa shape index (κ3) is 6.56. The number of aliphatic carboxylic acids is 1. The Bertz CT molecular complexity index is 630. The number of aliphatic hydroxyl groups excluding tert-OH is 1. The van der Waals surface area contributed by atoms with E-state index in [0.29, 0.717) is 0 Å². The van der Waals surface area contributed by atoms with Crippen LogP contribution >= 0.6 is 0 Å². The van der Waals surface area contributed by atoms with Crippen LogP contribution in [0.3, 0.4) is 0 Å². The highest BCUT2D eigenvalue weighted by Gasteiger charge is 2.33. The van der Waals surface area contributed by atoms with E-state index in [0.717, 1.165) is 37.7 Å². The van der Waals surface area contributed by atoms with Crippen molar-refractivity contribution in [2.24, 2.45) is 5.92 Å². The van der Waals surface area contributed by atoms with E-state index < -0.39 is 36.7 Å². The van der Waals surface area contributed by atoms with E-state index in [1.165, 1.54) is 0 Å². The molecule has 2 amide bonds. The molecular weight excluding hydrogens is 352 g/mol. The van der Waals surface area contributed by atoms with Gasteiger partial charge >= 0.3 is 12.1 Å². The Balaban J connectivity index is 1.87. The maximum atomic E-state index is 12.3. The summed E-state index contributed by atoms with van der Waals surface area (Å²) in [5, 5.41) is 23.6. The van der Waals surface area contributed by atoms with Gasteiger partial charge in [0.1, 0.15) is 18.7 Å². The zero-order chi connectivity index (χ0) is 19.6. The van der Waals surface area contributed by atoms with Gasteiger partial charge in [0.25, 0.3) is 0 Å². The summed E-state index contributed by atoms with van der Waals surface area (Å²) in [4.78, 5) is 35.7. The molecule has 0 spiro atoms. The smallest absolute Gasteiger partial charge is 0.408 e. The van der Waals surface area contributed by atoms with E-state index in [-0.39, 0.29) is 12.5 Å². The van der Waals surface area contributed by atoms with Crippen molar-refractivity contribution in [2.45, 2.75) is 50.8 Å². The van der Waals surface area contributed by atoms with Crippen molar-refractivity contribution in [2.75, 3.05) is 6.61 Å². The Kier molecular flexibility index (Phi) is 8.06. The average Bonchev–Trinajstić information content (AvgIpc) is 2.69. The van der Waals surface area contributed by atoms with Gasteiger partial charge in [0, 0.05) is 0 Å². The Morgan fingerprint density at radius 2 is 1.74 bits per heavy atom. The summed E-state index contributed by atoms with van der Waals surface area (Å²) in [6.07, 6.45) is 3.51. The first-order valence-electron chi connectivity index (χ1n) is 9.12. The van der Waals surface area contributed by atoms with Gasteiger partial charge in [-0.15, -0.1) is 0 Å². The molecule has 0 bridgehead atoms. The molecule has 148 valence electrons. The Morgan fingerprint density at radius 3 is 2.33 bits per heavy atom. The molecule has 0 unspecified atom stereocenters. The molecule has 2 atom stereocenters. The third-order valence-corrected chi connectivity index (χ3v) is 4.69. The van der Waals surface area contributed by atoms with Gasteiger partial charge < -0.3 is 25.6 Å². The number of hydrogen-bond acceptors (Lipinski definition) is 5. The van der Waals surface area contributed by atoms with Crippen LogP contribution in [0.25, 0.3) is 0 Å². The van der Waals surface area contributed by atoms with Crippen LogP contribution in [-0.2, 0) is 20.9 Å². The Hall–Kier alpha value is -2.61. The van der Waals surface area contributed by atoms with Gasteiger partial charge in [0.2, 0.25) is 5.91 Å². The Morgan fingerprint density at radius 1 is 1.07 bits per heavy atom. The number of ether oxygens (including phenoxy) is 1. The molecule has 0 saturated heterocycles. The molecule has 2 rings (SSSR count). The van der Waals surface area contributed by atoms with Crippen LogP contribution in [0.2, 0.25) is 0 Å². The summed E-state index contributed by atoms with van der Waals surface area (Å²) in [6.45, 7) is -0.643. The van der Waals surface area contributed by atoms with Crippen LogP contribution in [0.15, 0.2) is 30.3 Å². The topological polar surface area (TPSA) is 125 Å². The van der Waals surface area contributed by atoms with Crippen LogP contribution in [0.4, 0.5) is 4.79 Å². The number of carboxylic acids is 1. The van der Waals surface area contributed by atoms with Crippen molar-refractivity contribution in [3.8, 4) is 0 Å². The predicted octanol–water partition coefficient (Wildman–Crippen LogP) is 1.42. The number of amides is 2. The van der Waals surface area contributed by atoms with E-state index in [1.807, 2.05) is 6.07 Å². The van der Waals surface area contributed by atoms with E-state index in [1.54, 1.807) is 24.3 Å². The number of alkyl carbamates (subject to hydrolysis) is 1. The number of benzene rings is 1.